The van der Waals surface area contributed by atoms with Crippen molar-refractivity contribution in [2.24, 2.45) is 0 Å². The van der Waals surface area contributed by atoms with Gasteiger partial charge in [0.15, 0.2) is 11.5 Å². The first-order valence-corrected chi connectivity index (χ1v) is 14.4. The largest absolute Gasteiger partial charge is 0.493 e. The molecule has 200 valence electrons. The van der Waals surface area contributed by atoms with Crippen molar-refractivity contribution in [1.29, 1.82) is 0 Å². The van der Waals surface area contributed by atoms with Crippen LogP contribution in [0.5, 0.6) is 17.2 Å². The van der Waals surface area contributed by atoms with Gasteiger partial charge in [0.2, 0.25) is 9.84 Å². The summed E-state index contributed by atoms with van der Waals surface area (Å²) in [5.41, 5.74) is 3.06. The zero-order valence-corrected chi connectivity index (χ0v) is 22.8. The van der Waals surface area contributed by atoms with E-state index in [0.717, 1.165) is 44.0 Å². The Hall–Kier alpha value is -3.49. The lowest BCUT2D eigenvalue weighted by atomic mass is 9.98. The molecule has 0 aliphatic carbocycles. The van der Waals surface area contributed by atoms with E-state index >= 15 is 0 Å². The first kappa shape index (κ1) is 26.1. The molecule has 7 nitrogen and oxygen atoms in total. The van der Waals surface area contributed by atoms with Gasteiger partial charge in [0, 0.05) is 26.1 Å². The van der Waals surface area contributed by atoms with Crippen LogP contribution in [-0.4, -0.2) is 47.2 Å². The zero-order chi connectivity index (χ0) is 26.7. The minimum absolute atomic E-state index is 0.203. The van der Waals surface area contributed by atoms with Gasteiger partial charge in [0.1, 0.15) is 22.0 Å². The highest BCUT2D eigenvalue weighted by Gasteiger charge is 2.29. The van der Waals surface area contributed by atoms with Crippen LogP contribution < -0.4 is 14.2 Å². The summed E-state index contributed by atoms with van der Waals surface area (Å²) in [6, 6.07) is 18.1. The number of aryl methyl sites for hydroxylation is 1. The van der Waals surface area contributed by atoms with E-state index in [1.807, 2.05) is 19.1 Å². The molecular weight excluding hydrogens is 502 g/mol. The minimum atomic E-state index is -3.78. The third-order valence-corrected chi connectivity index (χ3v) is 8.88. The van der Waals surface area contributed by atoms with Crippen molar-refractivity contribution in [1.82, 2.24) is 4.90 Å². The molecule has 0 atom stereocenters. The number of methoxy groups -OCH3 is 2. The Balaban J connectivity index is 1.31. The number of hydrogen-bond donors (Lipinski definition) is 0. The van der Waals surface area contributed by atoms with Crippen LogP contribution in [0.25, 0.3) is 11.0 Å². The van der Waals surface area contributed by atoms with Crippen molar-refractivity contribution in [2.45, 2.75) is 42.5 Å². The summed E-state index contributed by atoms with van der Waals surface area (Å²) >= 11 is 0. The molecule has 8 heteroatoms. The minimum Gasteiger partial charge on any atom is -0.493 e. The predicted molar refractivity (Wildman–Crippen MR) is 146 cm³/mol. The molecule has 0 amide bonds. The van der Waals surface area contributed by atoms with Crippen molar-refractivity contribution in [2.75, 3.05) is 33.9 Å². The Labute approximate surface area is 223 Å². The average molecular weight is 536 g/mol. The Morgan fingerprint density at radius 1 is 0.921 bits per heavy atom. The molecule has 0 N–H and O–H groups in total. The molecular formula is C30H33NO6S. The maximum atomic E-state index is 13.6. The zero-order valence-electron chi connectivity index (χ0n) is 22.0. The van der Waals surface area contributed by atoms with Crippen molar-refractivity contribution in [3.8, 4) is 17.2 Å². The van der Waals surface area contributed by atoms with E-state index in [-0.39, 0.29) is 9.79 Å². The van der Waals surface area contributed by atoms with Crippen LogP contribution in [-0.2, 0) is 29.2 Å². The maximum absolute atomic E-state index is 13.6. The molecule has 1 aliphatic rings. The normalized spacial score (nSPS) is 13.9. The summed E-state index contributed by atoms with van der Waals surface area (Å²) in [7, 11) is -0.461. The quantitative estimate of drug-likeness (QED) is 0.242. The van der Waals surface area contributed by atoms with E-state index in [2.05, 4.69) is 17.0 Å². The summed E-state index contributed by atoms with van der Waals surface area (Å²) < 4.78 is 50.3. The second-order valence-electron chi connectivity index (χ2n) is 9.36. The molecule has 0 bridgehead atoms. The van der Waals surface area contributed by atoms with Crippen LogP contribution in [0.3, 0.4) is 0 Å². The summed E-state index contributed by atoms with van der Waals surface area (Å²) in [5.74, 6) is 2.49. The van der Waals surface area contributed by atoms with E-state index in [1.54, 1.807) is 50.6 Å². The summed E-state index contributed by atoms with van der Waals surface area (Å²) in [6.45, 7) is 5.02. The monoisotopic (exact) mass is 535 g/mol. The van der Waals surface area contributed by atoms with Gasteiger partial charge >= 0.3 is 0 Å². The molecule has 38 heavy (non-hydrogen) atoms. The van der Waals surface area contributed by atoms with E-state index in [0.29, 0.717) is 35.5 Å². The predicted octanol–water partition coefficient (Wildman–Crippen LogP) is 5.67. The van der Waals surface area contributed by atoms with E-state index in [4.69, 9.17) is 18.6 Å². The fraction of sp³-hybridized carbons (Fsp3) is 0.333. The van der Waals surface area contributed by atoms with Gasteiger partial charge < -0.3 is 18.6 Å². The Kier molecular flexibility index (Phi) is 7.63. The second-order valence-corrected chi connectivity index (χ2v) is 11.2. The molecule has 2 heterocycles. The molecule has 1 aromatic heterocycles. The molecule has 0 spiro atoms. The molecule has 1 aliphatic heterocycles. The lowest BCUT2D eigenvalue weighted by Crippen LogP contribution is -2.32. The van der Waals surface area contributed by atoms with Crippen molar-refractivity contribution in [3.63, 3.8) is 0 Å². The van der Waals surface area contributed by atoms with Crippen LogP contribution in [0.15, 0.2) is 74.9 Å². The lowest BCUT2D eigenvalue weighted by Gasteiger charge is -2.29. The van der Waals surface area contributed by atoms with Gasteiger partial charge in [-0.1, -0.05) is 31.2 Å². The number of ether oxygens (including phenoxy) is 3. The fourth-order valence-corrected chi connectivity index (χ4v) is 6.80. The van der Waals surface area contributed by atoms with Gasteiger partial charge in [-0.2, -0.15) is 0 Å². The molecule has 0 saturated carbocycles. The van der Waals surface area contributed by atoms with Crippen LogP contribution in [0.1, 0.15) is 30.2 Å². The molecule has 5 rings (SSSR count). The summed E-state index contributed by atoms with van der Waals surface area (Å²) in [5, 5.41) is 0.515. The highest BCUT2D eigenvalue weighted by atomic mass is 32.2. The molecule has 3 aromatic carbocycles. The van der Waals surface area contributed by atoms with Gasteiger partial charge in [-0.15, -0.1) is 0 Å². The molecule has 0 saturated heterocycles. The maximum Gasteiger partial charge on any atom is 0.210 e. The Bertz CT molecular complexity index is 1530. The topological polar surface area (TPSA) is 78.2 Å². The van der Waals surface area contributed by atoms with Gasteiger partial charge in [0.25, 0.3) is 0 Å². The van der Waals surface area contributed by atoms with Crippen molar-refractivity contribution in [3.05, 3.63) is 77.6 Å². The number of fused-ring (bicyclic) bond motifs is 2. The van der Waals surface area contributed by atoms with Crippen molar-refractivity contribution < 1.29 is 27.0 Å². The van der Waals surface area contributed by atoms with E-state index in [9.17, 15) is 8.42 Å². The first-order valence-electron chi connectivity index (χ1n) is 12.9. The van der Waals surface area contributed by atoms with Gasteiger partial charge in [-0.3, -0.25) is 4.90 Å². The number of nitrogens with zero attached hydrogens (tertiary/aromatic N) is 1. The van der Waals surface area contributed by atoms with Gasteiger partial charge in [-0.25, -0.2) is 8.42 Å². The third kappa shape index (κ3) is 4.98. The van der Waals surface area contributed by atoms with Crippen LogP contribution in [0, 0.1) is 0 Å². The van der Waals surface area contributed by atoms with Crippen LogP contribution >= 0.6 is 0 Å². The average Bonchev–Trinajstić information content (AvgIpc) is 3.35. The van der Waals surface area contributed by atoms with E-state index in [1.165, 1.54) is 11.1 Å². The smallest absolute Gasteiger partial charge is 0.210 e. The van der Waals surface area contributed by atoms with Gasteiger partial charge in [-0.05, 0) is 60.4 Å². The number of rotatable bonds is 10. The highest BCUT2D eigenvalue weighted by molar-refractivity contribution is 7.91. The van der Waals surface area contributed by atoms with Crippen molar-refractivity contribution >= 4 is 20.8 Å². The molecule has 0 radical (unpaired) electrons. The standard InChI is InChI=1S/C30H33NO6S/c1-4-24-30(38(32,33)23-10-6-5-7-11-23)29-25(12-8-13-26(29)37-24)36-17-9-15-31-16-14-21-18-27(34-2)28(35-3)19-22(21)20-31/h5-8,10-13,18-19H,4,9,14-17,20H2,1-3H3. The van der Waals surface area contributed by atoms with E-state index < -0.39 is 9.84 Å². The Morgan fingerprint density at radius 2 is 1.66 bits per heavy atom. The SMILES string of the molecule is CCc1oc2cccc(OCCCN3CCc4cc(OC)c(OC)cc4C3)c2c1S(=O)(=O)c1ccccc1. The third-order valence-electron chi connectivity index (χ3n) is 7.02. The molecule has 4 aromatic rings. The Morgan fingerprint density at radius 3 is 2.37 bits per heavy atom. The number of furan rings is 1. The summed E-state index contributed by atoms with van der Waals surface area (Å²) in [4.78, 5) is 2.84. The molecule has 0 fully saturated rings. The second kappa shape index (κ2) is 11.1. The molecule has 0 unspecified atom stereocenters. The highest BCUT2D eigenvalue weighted by Crippen LogP contribution is 2.39. The lowest BCUT2D eigenvalue weighted by molar-refractivity contribution is 0.221. The van der Waals surface area contributed by atoms with Gasteiger partial charge in [0.05, 0.1) is 31.1 Å². The number of hydrogen-bond acceptors (Lipinski definition) is 7. The number of benzene rings is 3. The first-order chi connectivity index (χ1) is 18.5. The fourth-order valence-electron chi connectivity index (χ4n) is 5.10. The number of sulfone groups is 1. The summed E-state index contributed by atoms with van der Waals surface area (Å²) in [6.07, 6.45) is 2.21. The van der Waals surface area contributed by atoms with Crippen LogP contribution in [0.4, 0.5) is 0 Å². The van der Waals surface area contributed by atoms with Crippen LogP contribution in [0.2, 0.25) is 0 Å².